The number of fused-ring (bicyclic) bond motifs is 1. The number of ether oxygens (including phenoxy) is 1. The molecule has 0 radical (unpaired) electrons. The largest absolute Gasteiger partial charge is 0.452 e. The molecule has 4 nitrogen and oxygen atoms in total. The van der Waals surface area contributed by atoms with Crippen molar-refractivity contribution in [2.45, 2.75) is 12.8 Å². The van der Waals surface area contributed by atoms with Gasteiger partial charge >= 0.3 is 6.09 Å². The number of hydrogen-bond acceptors (Lipinski definition) is 3. The van der Waals surface area contributed by atoms with Crippen LogP contribution in [0.25, 0.3) is 0 Å². The van der Waals surface area contributed by atoms with Crippen LogP contribution in [0.2, 0.25) is 0 Å². The van der Waals surface area contributed by atoms with Gasteiger partial charge in [0.15, 0.2) is 0 Å². The summed E-state index contributed by atoms with van der Waals surface area (Å²) in [7, 11) is 1.32. The Bertz CT molecular complexity index is 493. The Balaban J connectivity index is 2.55. The lowest BCUT2D eigenvalue weighted by atomic mass is 9.90. The number of methoxy groups -OCH3 is 1. The lowest BCUT2D eigenvalue weighted by Crippen LogP contribution is -2.30. The minimum atomic E-state index is -0.497. The lowest BCUT2D eigenvalue weighted by molar-refractivity contribution is -0.105. The topological polar surface area (TPSA) is 46.6 Å². The van der Waals surface area contributed by atoms with E-state index in [0.29, 0.717) is 5.57 Å². The van der Waals surface area contributed by atoms with Crippen molar-refractivity contribution in [2.24, 2.45) is 0 Å². The van der Waals surface area contributed by atoms with Crippen molar-refractivity contribution < 1.29 is 14.3 Å². The molecule has 88 valence electrons. The van der Waals surface area contributed by atoms with Crippen LogP contribution in [0.15, 0.2) is 36.0 Å². The number of allylic oxidation sites excluding steroid dienone is 1. The molecule has 0 N–H and O–H groups in total. The summed E-state index contributed by atoms with van der Waals surface area (Å²) in [6.07, 6.45) is 1.81. The fourth-order valence-corrected chi connectivity index (χ4v) is 1.96. The van der Waals surface area contributed by atoms with E-state index in [2.05, 4.69) is 0 Å². The second-order valence-corrected chi connectivity index (χ2v) is 3.87. The number of aldehydes is 1. The van der Waals surface area contributed by atoms with Crippen molar-refractivity contribution in [2.75, 3.05) is 12.0 Å². The van der Waals surface area contributed by atoms with E-state index in [-0.39, 0.29) is 5.92 Å². The molecule has 1 aliphatic heterocycles. The number of amides is 1. The van der Waals surface area contributed by atoms with E-state index in [9.17, 15) is 9.59 Å². The molecule has 1 amide bonds. The van der Waals surface area contributed by atoms with Crippen LogP contribution in [0.1, 0.15) is 18.4 Å². The average molecular weight is 231 g/mol. The van der Waals surface area contributed by atoms with Gasteiger partial charge in [0.1, 0.15) is 6.29 Å². The summed E-state index contributed by atoms with van der Waals surface area (Å²) in [5, 5.41) is 0. The normalized spacial score (nSPS) is 18.1. The van der Waals surface area contributed by atoms with Crippen LogP contribution in [0.4, 0.5) is 10.5 Å². The molecular weight excluding hydrogens is 218 g/mol. The van der Waals surface area contributed by atoms with Gasteiger partial charge in [-0.05, 0) is 11.6 Å². The van der Waals surface area contributed by atoms with Gasteiger partial charge < -0.3 is 4.74 Å². The maximum Gasteiger partial charge on any atom is 0.418 e. The van der Waals surface area contributed by atoms with Crippen LogP contribution >= 0.6 is 0 Å². The predicted octanol–water partition coefficient (Wildman–Crippen LogP) is 2.46. The van der Waals surface area contributed by atoms with Crippen molar-refractivity contribution in [3.05, 3.63) is 41.6 Å². The third-order valence-corrected chi connectivity index (χ3v) is 2.95. The highest BCUT2D eigenvalue weighted by molar-refractivity contribution is 5.95. The molecule has 4 heteroatoms. The van der Waals surface area contributed by atoms with E-state index in [1.807, 2.05) is 31.2 Å². The van der Waals surface area contributed by atoms with E-state index in [0.717, 1.165) is 17.5 Å². The van der Waals surface area contributed by atoms with Gasteiger partial charge in [-0.1, -0.05) is 25.1 Å². The molecule has 17 heavy (non-hydrogen) atoms. The Morgan fingerprint density at radius 1 is 1.41 bits per heavy atom. The van der Waals surface area contributed by atoms with Gasteiger partial charge in [-0.15, -0.1) is 0 Å². The summed E-state index contributed by atoms with van der Waals surface area (Å²) in [5.74, 6) is -0.00962. The van der Waals surface area contributed by atoms with Gasteiger partial charge in [0.05, 0.1) is 12.8 Å². The standard InChI is InChI=1S/C13H13NO3/c1-9-10(8-15)7-14(13(16)17-2)12-6-4-3-5-11(9)12/h3-9H,1-2H3/t9-/m1/s1. The summed E-state index contributed by atoms with van der Waals surface area (Å²) in [6.45, 7) is 1.94. The quantitative estimate of drug-likeness (QED) is 0.697. The van der Waals surface area contributed by atoms with Gasteiger partial charge in [-0.2, -0.15) is 0 Å². The van der Waals surface area contributed by atoms with Gasteiger partial charge in [0.2, 0.25) is 0 Å². The highest BCUT2D eigenvalue weighted by Gasteiger charge is 2.27. The molecular formula is C13H13NO3. The van der Waals surface area contributed by atoms with E-state index in [4.69, 9.17) is 4.74 Å². The van der Waals surface area contributed by atoms with Crippen LogP contribution < -0.4 is 4.90 Å². The first kappa shape index (κ1) is 11.4. The molecule has 0 spiro atoms. The number of para-hydroxylation sites is 1. The Hall–Kier alpha value is -2.10. The van der Waals surface area contributed by atoms with E-state index < -0.39 is 6.09 Å². The Morgan fingerprint density at radius 3 is 2.76 bits per heavy atom. The number of carbonyl (C=O) groups is 2. The van der Waals surface area contributed by atoms with Crippen LogP contribution in [0.3, 0.4) is 0 Å². The smallest absolute Gasteiger partial charge is 0.418 e. The second kappa shape index (κ2) is 4.41. The van der Waals surface area contributed by atoms with Crippen molar-refractivity contribution in [3.63, 3.8) is 0 Å². The third kappa shape index (κ3) is 1.82. The fraction of sp³-hybridized carbons (Fsp3) is 0.231. The number of nitrogens with zero attached hydrogens (tertiary/aromatic N) is 1. The van der Waals surface area contributed by atoms with Crippen molar-refractivity contribution >= 4 is 18.1 Å². The molecule has 0 unspecified atom stereocenters. The molecule has 1 aromatic rings. The second-order valence-electron chi connectivity index (χ2n) is 3.87. The van der Waals surface area contributed by atoms with Gasteiger partial charge in [-0.25, -0.2) is 4.79 Å². The van der Waals surface area contributed by atoms with Crippen molar-refractivity contribution in [3.8, 4) is 0 Å². The highest BCUT2D eigenvalue weighted by Crippen LogP contribution is 2.36. The van der Waals surface area contributed by atoms with Gasteiger partial charge in [0.25, 0.3) is 0 Å². The summed E-state index contributed by atoms with van der Waals surface area (Å²) >= 11 is 0. The zero-order valence-corrected chi connectivity index (χ0v) is 9.71. The maximum atomic E-state index is 11.6. The number of carbonyl (C=O) groups excluding carboxylic acids is 2. The molecule has 2 rings (SSSR count). The zero-order valence-electron chi connectivity index (χ0n) is 9.71. The monoisotopic (exact) mass is 231 g/mol. The van der Waals surface area contributed by atoms with E-state index >= 15 is 0 Å². The molecule has 1 heterocycles. The summed E-state index contributed by atoms with van der Waals surface area (Å²) in [4.78, 5) is 24.0. The highest BCUT2D eigenvalue weighted by atomic mass is 16.5. The van der Waals surface area contributed by atoms with Crippen LogP contribution in [-0.4, -0.2) is 19.5 Å². The van der Waals surface area contributed by atoms with Crippen molar-refractivity contribution in [1.82, 2.24) is 0 Å². The average Bonchev–Trinajstić information content (AvgIpc) is 2.38. The Kier molecular flexibility index (Phi) is 2.95. The van der Waals surface area contributed by atoms with Gasteiger partial charge in [-0.3, -0.25) is 9.69 Å². The minimum Gasteiger partial charge on any atom is -0.452 e. The maximum absolute atomic E-state index is 11.6. The van der Waals surface area contributed by atoms with Crippen LogP contribution in [0.5, 0.6) is 0 Å². The molecule has 1 aromatic carbocycles. The Morgan fingerprint density at radius 2 is 2.12 bits per heavy atom. The van der Waals surface area contributed by atoms with Crippen molar-refractivity contribution in [1.29, 1.82) is 0 Å². The predicted molar refractivity (Wildman–Crippen MR) is 63.9 cm³/mol. The lowest BCUT2D eigenvalue weighted by Gasteiger charge is -2.28. The summed E-state index contributed by atoms with van der Waals surface area (Å²) in [5.41, 5.74) is 2.27. The molecule has 1 atom stereocenters. The molecule has 0 bridgehead atoms. The van der Waals surface area contributed by atoms with E-state index in [1.165, 1.54) is 18.2 Å². The number of benzene rings is 1. The number of anilines is 1. The number of hydrogen-bond donors (Lipinski definition) is 0. The third-order valence-electron chi connectivity index (χ3n) is 2.95. The SMILES string of the molecule is COC(=O)N1C=C(C=O)[C@@H](C)c2ccccc21. The summed E-state index contributed by atoms with van der Waals surface area (Å²) < 4.78 is 4.70. The minimum absolute atomic E-state index is 0.00962. The molecule has 0 saturated carbocycles. The first-order valence-corrected chi connectivity index (χ1v) is 5.32. The zero-order chi connectivity index (χ0) is 12.4. The fourth-order valence-electron chi connectivity index (χ4n) is 1.96. The first-order valence-electron chi connectivity index (χ1n) is 5.32. The van der Waals surface area contributed by atoms with E-state index in [1.54, 1.807) is 0 Å². The van der Waals surface area contributed by atoms with Gasteiger partial charge in [0, 0.05) is 17.7 Å². The van der Waals surface area contributed by atoms with Crippen LogP contribution in [0, 0.1) is 0 Å². The molecule has 0 aliphatic carbocycles. The molecule has 0 saturated heterocycles. The first-order chi connectivity index (χ1) is 8.19. The molecule has 0 aromatic heterocycles. The molecule has 1 aliphatic rings. The summed E-state index contributed by atoms with van der Waals surface area (Å²) in [6, 6.07) is 7.48. The Labute approximate surface area is 99.5 Å². The number of rotatable bonds is 1. The van der Waals surface area contributed by atoms with Crippen LogP contribution in [-0.2, 0) is 9.53 Å². The molecule has 0 fully saturated rings.